The van der Waals surface area contributed by atoms with E-state index in [1.165, 1.54) is 11.0 Å². The van der Waals surface area contributed by atoms with Crippen LogP contribution in [0, 0.1) is 29.6 Å². The van der Waals surface area contributed by atoms with Crippen LogP contribution in [0.2, 0.25) is 0 Å². The Morgan fingerprint density at radius 1 is 1.30 bits per heavy atom. The third-order valence-electron chi connectivity index (χ3n) is 4.85. The minimum atomic E-state index is -0.866. The second-order valence-corrected chi connectivity index (χ2v) is 6.43. The number of hydrogen-bond acceptors (Lipinski definition) is 3. The normalized spacial score (nSPS) is 24.8. The largest absolute Gasteiger partial charge is 0.505 e. The molecule has 5 heteroatoms. The molecule has 4 nitrogen and oxygen atoms in total. The number of hydrogen-bond donors (Lipinski definition) is 2. The molecule has 1 aromatic rings. The molecule has 0 aromatic heterocycles. The summed E-state index contributed by atoms with van der Waals surface area (Å²) in [5, 5.41) is 19.0. The maximum Gasteiger partial charge on any atom is 0.269 e. The van der Waals surface area contributed by atoms with Crippen molar-refractivity contribution in [1.29, 1.82) is 0 Å². The Labute approximate surface area is 134 Å². The van der Waals surface area contributed by atoms with Crippen LogP contribution in [0.1, 0.15) is 48.5 Å². The fourth-order valence-corrected chi connectivity index (χ4v) is 3.35. The zero-order valence-electron chi connectivity index (χ0n) is 13.1. The van der Waals surface area contributed by atoms with Crippen LogP contribution in [0.4, 0.5) is 4.39 Å². The highest BCUT2D eigenvalue weighted by Gasteiger charge is 2.31. The topological polar surface area (TPSA) is 60.8 Å². The van der Waals surface area contributed by atoms with Gasteiger partial charge in [-0.05, 0) is 50.2 Å². The van der Waals surface area contributed by atoms with Gasteiger partial charge in [-0.1, -0.05) is 12.0 Å². The van der Waals surface area contributed by atoms with Gasteiger partial charge in [-0.3, -0.25) is 9.69 Å². The first-order valence-corrected chi connectivity index (χ1v) is 7.98. The van der Waals surface area contributed by atoms with Crippen LogP contribution in [-0.4, -0.2) is 27.1 Å². The van der Waals surface area contributed by atoms with Crippen molar-refractivity contribution in [2.24, 2.45) is 11.8 Å². The molecule has 1 aromatic carbocycles. The highest BCUT2D eigenvalue weighted by molar-refractivity contribution is 6.00. The van der Waals surface area contributed by atoms with E-state index in [0.29, 0.717) is 11.5 Å². The Balaban J connectivity index is 1.68. The molecular formula is C18H20FNO3. The lowest BCUT2D eigenvalue weighted by Gasteiger charge is -2.27. The zero-order valence-corrected chi connectivity index (χ0v) is 13.1. The standard InChI is InChI=1S/C18H20FNO3/c1-11(21)13-4-2-12(3-5-13)8-9-20-10-14-6-7-15(22)17(19)16(14)18(20)23/h6-7,11-13,21-22H,2-5,10H2,1H3. The molecule has 2 aliphatic rings. The van der Waals surface area contributed by atoms with Crippen LogP contribution in [0.5, 0.6) is 5.75 Å². The van der Waals surface area contributed by atoms with Crippen molar-refractivity contribution in [2.45, 2.75) is 45.3 Å². The van der Waals surface area contributed by atoms with Crippen LogP contribution >= 0.6 is 0 Å². The Kier molecular flexibility index (Phi) is 4.27. The van der Waals surface area contributed by atoms with Gasteiger partial charge in [0.05, 0.1) is 18.2 Å². The summed E-state index contributed by atoms with van der Waals surface area (Å²) in [5.41, 5.74) is 0.481. The molecule has 0 radical (unpaired) electrons. The summed E-state index contributed by atoms with van der Waals surface area (Å²) in [6, 6.07) is 5.68. The maximum absolute atomic E-state index is 13.9. The van der Waals surface area contributed by atoms with Gasteiger partial charge in [0.2, 0.25) is 0 Å². The van der Waals surface area contributed by atoms with Gasteiger partial charge in [0.15, 0.2) is 11.6 Å². The Morgan fingerprint density at radius 3 is 2.65 bits per heavy atom. The van der Waals surface area contributed by atoms with Crippen molar-refractivity contribution >= 4 is 5.91 Å². The monoisotopic (exact) mass is 317 g/mol. The van der Waals surface area contributed by atoms with E-state index in [1.54, 1.807) is 6.07 Å². The molecule has 1 atom stereocenters. The van der Waals surface area contributed by atoms with E-state index in [1.807, 2.05) is 6.92 Å². The molecule has 122 valence electrons. The zero-order chi connectivity index (χ0) is 16.6. The van der Waals surface area contributed by atoms with Crippen molar-refractivity contribution in [1.82, 2.24) is 4.90 Å². The molecule has 0 bridgehead atoms. The van der Waals surface area contributed by atoms with Gasteiger partial charge in [0, 0.05) is 12.0 Å². The minimum absolute atomic E-state index is 0.0721. The molecule has 2 N–H and O–H groups in total. The molecule has 1 amide bonds. The predicted octanol–water partition coefficient (Wildman–Crippen LogP) is 2.64. The quantitative estimate of drug-likeness (QED) is 0.783. The van der Waals surface area contributed by atoms with Crippen LogP contribution in [0.25, 0.3) is 0 Å². The van der Waals surface area contributed by atoms with E-state index in [9.17, 15) is 19.4 Å². The number of aliphatic hydroxyl groups excluding tert-OH is 1. The van der Waals surface area contributed by atoms with Crippen molar-refractivity contribution in [3.8, 4) is 17.7 Å². The number of carbonyl (C=O) groups is 1. The third-order valence-corrected chi connectivity index (χ3v) is 4.85. The average Bonchev–Trinajstić information content (AvgIpc) is 2.86. The molecule has 1 aliphatic heterocycles. The maximum atomic E-state index is 13.9. The van der Waals surface area contributed by atoms with E-state index in [2.05, 4.69) is 12.0 Å². The number of benzene rings is 1. The first kappa shape index (κ1) is 15.8. The van der Waals surface area contributed by atoms with Gasteiger partial charge in [0.25, 0.3) is 5.91 Å². The molecule has 1 unspecified atom stereocenters. The first-order valence-electron chi connectivity index (χ1n) is 7.98. The van der Waals surface area contributed by atoms with Crippen molar-refractivity contribution in [3.05, 3.63) is 29.1 Å². The van der Waals surface area contributed by atoms with Crippen LogP contribution < -0.4 is 0 Å². The van der Waals surface area contributed by atoms with Gasteiger partial charge in [-0.15, -0.1) is 0 Å². The lowest BCUT2D eigenvalue weighted by atomic mass is 9.80. The van der Waals surface area contributed by atoms with Gasteiger partial charge in [-0.2, -0.15) is 0 Å². The van der Waals surface area contributed by atoms with Crippen molar-refractivity contribution in [3.63, 3.8) is 0 Å². The van der Waals surface area contributed by atoms with E-state index < -0.39 is 17.5 Å². The van der Waals surface area contributed by atoms with E-state index in [4.69, 9.17) is 0 Å². The second kappa shape index (κ2) is 6.21. The number of carbonyl (C=O) groups excluding carboxylic acids is 1. The van der Waals surface area contributed by atoms with E-state index in [-0.39, 0.29) is 24.1 Å². The summed E-state index contributed by atoms with van der Waals surface area (Å²) in [4.78, 5) is 13.5. The molecule has 1 saturated carbocycles. The SMILES string of the molecule is CC(O)C1CCC(C#CN2Cc3ccc(O)c(F)c3C2=O)CC1. The van der Waals surface area contributed by atoms with Crippen LogP contribution in [0.15, 0.2) is 12.1 Å². The fourth-order valence-electron chi connectivity index (χ4n) is 3.35. The number of phenolic OH excluding ortho intramolecular Hbond substituents is 1. The van der Waals surface area contributed by atoms with Gasteiger partial charge >= 0.3 is 0 Å². The Morgan fingerprint density at radius 2 is 2.00 bits per heavy atom. The molecule has 3 rings (SSSR count). The van der Waals surface area contributed by atoms with Gasteiger partial charge < -0.3 is 10.2 Å². The fraction of sp³-hybridized carbons (Fsp3) is 0.500. The second-order valence-electron chi connectivity index (χ2n) is 6.43. The van der Waals surface area contributed by atoms with Gasteiger partial charge in [0.1, 0.15) is 0 Å². The Hall–Kier alpha value is -2.06. The molecule has 1 aliphatic carbocycles. The number of aliphatic hydroxyl groups is 1. The molecule has 1 heterocycles. The number of phenols is 1. The number of fused-ring (bicyclic) bond motifs is 1. The van der Waals surface area contributed by atoms with Crippen LogP contribution in [-0.2, 0) is 6.54 Å². The van der Waals surface area contributed by atoms with E-state index in [0.717, 1.165) is 25.7 Å². The minimum Gasteiger partial charge on any atom is -0.505 e. The van der Waals surface area contributed by atoms with Crippen LogP contribution in [0.3, 0.4) is 0 Å². The summed E-state index contributed by atoms with van der Waals surface area (Å²) >= 11 is 0. The average molecular weight is 317 g/mol. The lowest BCUT2D eigenvalue weighted by molar-refractivity contribution is 0.0849. The van der Waals surface area contributed by atoms with Gasteiger partial charge in [-0.25, -0.2) is 4.39 Å². The molecular weight excluding hydrogens is 297 g/mol. The highest BCUT2D eigenvalue weighted by Crippen LogP contribution is 2.32. The first-order chi connectivity index (χ1) is 11.0. The molecule has 0 saturated heterocycles. The van der Waals surface area contributed by atoms with Crippen molar-refractivity contribution < 1.29 is 19.4 Å². The summed E-state index contributed by atoms with van der Waals surface area (Å²) < 4.78 is 13.9. The number of nitrogens with zero attached hydrogens (tertiary/aromatic N) is 1. The summed E-state index contributed by atoms with van der Waals surface area (Å²) in [6.07, 6.45) is 3.41. The van der Waals surface area contributed by atoms with E-state index >= 15 is 0 Å². The summed E-state index contributed by atoms with van der Waals surface area (Å²) in [7, 11) is 0. The van der Waals surface area contributed by atoms with Crippen molar-refractivity contribution in [2.75, 3.05) is 0 Å². The number of rotatable bonds is 1. The summed E-state index contributed by atoms with van der Waals surface area (Å²) in [6.45, 7) is 2.07. The summed E-state index contributed by atoms with van der Waals surface area (Å²) in [5.74, 6) is 1.79. The molecule has 23 heavy (non-hydrogen) atoms. The smallest absolute Gasteiger partial charge is 0.269 e. The third kappa shape index (κ3) is 3.04. The number of aromatic hydroxyl groups is 1. The Bertz CT molecular complexity index is 681. The highest BCUT2D eigenvalue weighted by atomic mass is 19.1. The number of halogens is 1. The number of amides is 1. The molecule has 1 fully saturated rings. The molecule has 0 spiro atoms. The lowest BCUT2D eigenvalue weighted by Crippen LogP contribution is -2.23. The predicted molar refractivity (Wildman–Crippen MR) is 82.8 cm³/mol.